The van der Waals surface area contributed by atoms with Crippen LogP contribution in [0, 0.1) is 6.92 Å². The Hall–Kier alpha value is -3.22. The van der Waals surface area contributed by atoms with Crippen LogP contribution in [-0.4, -0.2) is 19.0 Å². The lowest BCUT2D eigenvalue weighted by molar-refractivity contribution is -0.123. The van der Waals surface area contributed by atoms with Crippen LogP contribution >= 0.6 is 22.9 Å². The fourth-order valence-corrected chi connectivity index (χ4v) is 4.54. The lowest BCUT2D eigenvalue weighted by atomic mass is 10.1. The topological polar surface area (TPSA) is 69.7 Å². The molecule has 3 aromatic carbocycles. The van der Waals surface area contributed by atoms with E-state index < -0.39 is 5.97 Å². The Morgan fingerprint density at radius 2 is 1.78 bits per heavy atom. The molecule has 4 aromatic rings. The molecule has 0 unspecified atom stereocenters. The number of carbonyl (C=O) groups is 2. The van der Waals surface area contributed by atoms with Gasteiger partial charge in [-0.1, -0.05) is 48.9 Å². The van der Waals surface area contributed by atoms with Gasteiger partial charge in [-0.3, -0.25) is 9.59 Å². The lowest BCUT2D eigenvalue weighted by Gasteiger charge is -2.09. The fraction of sp³-hybridized carbons (Fsp3) is 0.160. The number of hydrogen-bond donors (Lipinski definition) is 0. The van der Waals surface area contributed by atoms with E-state index in [-0.39, 0.29) is 11.9 Å². The second-order valence-electron chi connectivity index (χ2n) is 6.84. The van der Waals surface area contributed by atoms with Crippen molar-refractivity contribution in [2.45, 2.75) is 20.3 Å². The van der Waals surface area contributed by atoms with Gasteiger partial charge >= 0.3 is 12.4 Å². The molecule has 0 saturated heterocycles. The molecule has 7 heteroatoms. The van der Waals surface area contributed by atoms with E-state index in [1.165, 1.54) is 0 Å². The minimum atomic E-state index is -0.608. The summed E-state index contributed by atoms with van der Waals surface area (Å²) >= 11 is 7.77. The molecule has 0 fully saturated rings. The maximum Gasteiger partial charge on any atom is 0.345 e. The van der Waals surface area contributed by atoms with E-state index in [1.54, 1.807) is 42.5 Å². The van der Waals surface area contributed by atoms with Gasteiger partial charge in [0.15, 0.2) is 5.43 Å². The van der Waals surface area contributed by atoms with Gasteiger partial charge in [-0.25, -0.2) is 4.79 Å². The Morgan fingerprint density at radius 1 is 1.06 bits per heavy atom. The van der Waals surface area contributed by atoms with Crippen molar-refractivity contribution in [3.8, 4) is 5.75 Å². The van der Waals surface area contributed by atoms with E-state index in [0.717, 1.165) is 27.1 Å². The van der Waals surface area contributed by atoms with Crippen molar-refractivity contribution in [1.29, 1.82) is 0 Å². The smallest absolute Gasteiger partial charge is 0.345 e. The van der Waals surface area contributed by atoms with Crippen LogP contribution < -0.4 is 10.2 Å². The summed E-state index contributed by atoms with van der Waals surface area (Å²) < 4.78 is 11.7. The minimum absolute atomic E-state index is 0.0266. The molecule has 0 spiro atoms. The van der Waals surface area contributed by atoms with Gasteiger partial charge in [-0.15, -0.1) is 11.3 Å². The molecule has 5 nitrogen and oxygen atoms in total. The maximum absolute atomic E-state index is 12.6. The zero-order chi connectivity index (χ0) is 23.1. The average Bonchev–Trinajstić information content (AvgIpc) is 2.79. The number of halogens is 1. The van der Waals surface area contributed by atoms with Gasteiger partial charge in [-0.05, 0) is 49.2 Å². The van der Waals surface area contributed by atoms with Gasteiger partial charge in [-0.2, -0.15) is 0 Å². The highest BCUT2D eigenvalue weighted by Crippen LogP contribution is 2.35. The highest BCUT2D eigenvalue weighted by molar-refractivity contribution is 7.25. The van der Waals surface area contributed by atoms with Crippen LogP contribution in [0.5, 0.6) is 5.75 Å². The van der Waals surface area contributed by atoms with Gasteiger partial charge < -0.3 is 9.47 Å². The van der Waals surface area contributed by atoms with Crippen molar-refractivity contribution in [2.75, 3.05) is 6.61 Å². The number of hydrogen-bond acceptors (Lipinski definition) is 6. The van der Waals surface area contributed by atoms with E-state index >= 15 is 0 Å². The standard InChI is InChI=1S/C16H13ClO2S.C9H8O3/c1-2-9-19-12-8-7-11(17)14-15(18)10-5-3-4-6-13(10)20-16(12)14;1-7-4-2-3-5-8(7)9(11)12-6-10/h3-8H,2,9H2,1H3;2-6H,1H3. The summed E-state index contributed by atoms with van der Waals surface area (Å²) in [5.41, 5.74) is 1.19. The summed E-state index contributed by atoms with van der Waals surface area (Å²) in [6.45, 7) is 4.59. The predicted octanol–water partition coefficient (Wildman–Crippen LogP) is 6.17. The molecule has 32 heavy (non-hydrogen) atoms. The second-order valence-corrected chi connectivity index (χ2v) is 8.30. The summed E-state index contributed by atoms with van der Waals surface area (Å²) in [4.78, 5) is 33.5. The maximum atomic E-state index is 12.6. The van der Waals surface area contributed by atoms with E-state index in [4.69, 9.17) is 16.3 Å². The number of ether oxygens (including phenoxy) is 2. The molecule has 0 amide bonds. The largest absolute Gasteiger partial charge is 0.492 e. The van der Waals surface area contributed by atoms with Crippen LogP contribution in [0.4, 0.5) is 0 Å². The first-order valence-electron chi connectivity index (χ1n) is 9.95. The fourth-order valence-electron chi connectivity index (χ4n) is 3.08. The van der Waals surface area contributed by atoms with Crippen LogP contribution in [0.3, 0.4) is 0 Å². The third kappa shape index (κ3) is 5.15. The Labute approximate surface area is 194 Å². The van der Waals surface area contributed by atoms with Crippen molar-refractivity contribution >= 4 is 55.6 Å². The normalized spacial score (nSPS) is 10.3. The van der Waals surface area contributed by atoms with Gasteiger partial charge in [0.2, 0.25) is 0 Å². The summed E-state index contributed by atoms with van der Waals surface area (Å²) in [7, 11) is 0. The van der Waals surface area contributed by atoms with Crippen molar-refractivity contribution in [2.24, 2.45) is 0 Å². The average molecular weight is 469 g/mol. The van der Waals surface area contributed by atoms with E-state index in [9.17, 15) is 14.4 Å². The number of aryl methyl sites for hydroxylation is 1. The molecular formula is C25H21ClO5S. The third-order valence-electron chi connectivity index (χ3n) is 4.62. The van der Waals surface area contributed by atoms with E-state index in [1.807, 2.05) is 36.4 Å². The van der Waals surface area contributed by atoms with Crippen molar-refractivity contribution in [3.05, 3.63) is 87.0 Å². The Kier molecular flexibility index (Phi) is 7.98. The minimum Gasteiger partial charge on any atom is -0.492 e. The molecule has 0 bridgehead atoms. The van der Waals surface area contributed by atoms with Gasteiger partial charge in [0.25, 0.3) is 0 Å². The van der Waals surface area contributed by atoms with Gasteiger partial charge in [0.1, 0.15) is 5.75 Å². The molecule has 0 aliphatic carbocycles. The van der Waals surface area contributed by atoms with Crippen LogP contribution in [0.15, 0.2) is 65.5 Å². The molecule has 4 rings (SSSR count). The summed E-state index contributed by atoms with van der Waals surface area (Å²) in [6, 6.07) is 18.1. The van der Waals surface area contributed by atoms with E-state index in [0.29, 0.717) is 28.0 Å². The molecule has 164 valence electrons. The Morgan fingerprint density at radius 3 is 2.50 bits per heavy atom. The zero-order valence-electron chi connectivity index (χ0n) is 17.6. The molecular weight excluding hydrogens is 448 g/mol. The number of esters is 1. The SMILES string of the molecule is CCCOc1ccc(Cl)c2c(=O)c3ccccc3sc12.Cc1ccccc1C(=O)OC=O. The molecule has 0 saturated carbocycles. The first-order chi connectivity index (χ1) is 15.5. The number of fused-ring (bicyclic) bond motifs is 2. The van der Waals surface area contributed by atoms with Gasteiger partial charge in [0.05, 0.1) is 27.3 Å². The van der Waals surface area contributed by atoms with Crippen molar-refractivity contribution in [3.63, 3.8) is 0 Å². The summed E-state index contributed by atoms with van der Waals surface area (Å²) in [5.74, 6) is 0.127. The van der Waals surface area contributed by atoms with E-state index in [2.05, 4.69) is 11.7 Å². The van der Waals surface area contributed by atoms with Crippen molar-refractivity contribution < 1.29 is 19.1 Å². The monoisotopic (exact) mass is 468 g/mol. The van der Waals surface area contributed by atoms with Crippen LogP contribution in [-0.2, 0) is 9.53 Å². The number of benzene rings is 3. The highest BCUT2D eigenvalue weighted by Gasteiger charge is 2.13. The lowest BCUT2D eigenvalue weighted by Crippen LogP contribution is -2.04. The highest BCUT2D eigenvalue weighted by atomic mass is 35.5. The second kappa shape index (κ2) is 10.9. The Balaban J connectivity index is 0.000000207. The molecule has 0 N–H and O–H groups in total. The molecule has 1 heterocycles. The summed E-state index contributed by atoms with van der Waals surface area (Å²) in [6.07, 6.45) is 0.923. The van der Waals surface area contributed by atoms with Crippen molar-refractivity contribution in [1.82, 2.24) is 0 Å². The molecule has 0 atom stereocenters. The first kappa shape index (κ1) is 23.4. The molecule has 1 aromatic heterocycles. The molecule has 0 radical (unpaired) electrons. The molecule has 0 aliphatic heterocycles. The Bertz CT molecular complexity index is 1330. The summed E-state index contributed by atoms with van der Waals surface area (Å²) in [5, 5.41) is 1.75. The van der Waals surface area contributed by atoms with Crippen LogP contribution in [0.2, 0.25) is 5.02 Å². The first-order valence-corrected chi connectivity index (χ1v) is 11.1. The van der Waals surface area contributed by atoms with Gasteiger partial charge in [0, 0.05) is 10.1 Å². The zero-order valence-corrected chi connectivity index (χ0v) is 19.2. The quantitative estimate of drug-likeness (QED) is 0.152. The predicted molar refractivity (Wildman–Crippen MR) is 129 cm³/mol. The third-order valence-corrected chi connectivity index (χ3v) is 6.12. The van der Waals surface area contributed by atoms with Crippen LogP contribution in [0.1, 0.15) is 29.3 Å². The van der Waals surface area contributed by atoms with Crippen LogP contribution in [0.25, 0.3) is 20.2 Å². The number of rotatable bonds is 5. The molecule has 0 aliphatic rings. The number of carbonyl (C=O) groups excluding carboxylic acids is 2.